The van der Waals surface area contributed by atoms with E-state index in [1.54, 1.807) is 14.2 Å². The number of aliphatic hydroxyl groups excluding tert-OH is 1. The van der Waals surface area contributed by atoms with Crippen molar-refractivity contribution in [3.05, 3.63) is 29.1 Å². The van der Waals surface area contributed by atoms with Crippen molar-refractivity contribution in [1.29, 1.82) is 0 Å². The summed E-state index contributed by atoms with van der Waals surface area (Å²) in [6.07, 6.45) is 0.323. The van der Waals surface area contributed by atoms with Crippen LogP contribution in [0.3, 0.4) is 0 Å². The standard InChI is InChI=1S/C16H23N5O3/c1-4-7-21-15(17-18-19-21)10-20-8-11-13(23-2)5-6-14(24-3)16(11)12(22)9-20/h5-6,12,22H,4,7-10H2,1-3H3. The molecule has 1 aromatic carbocycles. The molecule has 24 heavy (non-hydrogen) atoms. The summed E-state index contributed by atoms with van der Waals surface area (Å²) in [5, 5.41) is 22.5. The minimum atomic E-state index is -0.644. The van der Waals surface area contributed by atoms with Gasteiger partial charge in [-0.25, -0.2) is 4.68 Å². The van der Waals surface area contributed by atoms with Gasteiger partial charge < -0.3 is 14.6 Å². The number of aliphatic hydroxyl groups is 1. The third-order valence-electron chi connectivity index (χ3n) is 4.27. The van der Waals surface area contributed by atoms with Crippen LogP contribution in [-0.4, -0.2) is 51.0 Å². The van der Waals surface area contributed by atoms with Gasteiger partial charge in [-0.2, -0.15) is 0 Å². The van der Waals surface area contributed by atoms with E-state index in [1.165, 1.54) is 0 Å². The van der Waals surface area contributed by atoms with Crippen LogP contribution in [0.15, 0.2) is 12.1 Å². The fourth-order valence-electron chi connectivity index (χ4n) is 3.19. The van der Waals surface area contributed by atoms with Gasteiger partial charge in [-0.05, 0) is 29.0 Å². The second-order valence-corrected chi connectivity index (χ2v) is 5.87. The highest BCUT2D eigenvalue weighted by atomic mass is 16.5. The van der Waals surface area contributed by atoms with E-state index < -0.39 is 6.10 Å². The highest BCUT2D eigenvalue weighted by Gasteiger charge is 2.30. The van der Waals surface area contributed by atoms with Gasteiger partial charge in [0, 0.05) is 30.8 Å². The molecule has 1 aromatic heterocycles. The average Bonchev–Trinajstić information content (AvgIpc) is 3.01. The van der Waals surface area contributed by atoms with Gasteiger partial charge in [0.05, 0.1) is 26.9 Å². The molecule has 130 valence electrons. The van der Waals surface area contributed by atoms with E-state index in [2.05, 4.69) is 27.3 Å². The van der Waals surface area contributed by atoms with Crippen molar-refractivity contribution in [1.82, 2.24) is 25.1 Å². The van der Waals surface area contributed by atoms with E-state index in [1.807, 2.05) is 16.8 Å². The molecule has 2 heterocycles. The zero-order chi connectivity index (χ0) is 17.1. The van der Waals surface area contributed by atoms with Gasteiger partial charge in [0.1, 0.15) is 11.5 Å². The molecule has 1 atom stereocenters. The highest BCUT2D eigenvalue weighted by molar-refractivity contribution is 5.51. The third-order valence-corrected chi connectivity index (χ3v) is 4.27. The first kappa shape index (κ1) is 16.7. The highest BCUT2D eigenvalue weighted by Crippen LogP contribution is 2.39. The quantitative estimate of drug-likeness (QED) is 0.848. The van der Waals surface area contributed by atoms with Crippen LogP contribution < -0.4 is 9.47 Å². The summed E-state index contributed by atoms with van der Waals surface area (Å²) in [7, 11) is 3.25. The maximum atomic E-state index is 10.6. The second-order valence-electron chi connectivity index (χ2n) is 5.87. The number of aromatic nitrogens is 4. The molecule has 0 saturated heterocycles. The zero-order valence-electron chi connectivity index (χ0n) is 14.3. The Kier molecular flexibility index (Phi) is 4.96. The zero-order valence-corrected chi connectivity index (χ0v) is 14.3. The molecule has 1 N–H and O–H groups in total. The van der Waals surface area contributed by atoms with E-state index >= 15 is 0 Å². The Hall–Kier alpha value is -2.19. The second kappa shape index (κ2) is 7.14. The van der Waals surface area contributed by atoms with Crippen molar-refractivity contribution < 1.29 is 14.6 Å². The van der Waals surface area contributed by atoms with Crippen molar-refractivity contribution in [3.63, 3.8) is 0 Å². The van der Waals surface area contributed by atoms with Crippen molar-refractivity contribution in [2.45, 2.75) is 39.1 Å². The van der Waals surface area contributed by atoms with Crippen molar-refractivity contribution >= 4 is 0 Å². The Bertz CT molecular complexity index is 703. The summed E-state index contributed by atoms with van der Waals surface area (Å²) in [5.41, 5.74) is 1.76. The monoisotopic (exact) mass is 333 g/mol. The van der Waals surface area contributed by atoms with E-state index in [4.69, 9.17) is 9.47 Å². The van der Waals surface area contributed by atoms with E-state index in [9.17, 15) is 5.11 Å². The first-order valence-corrected chi connectivity index (χ1v) is 8.07. The largest absolute Gasteiger partial charge is 0.496 e. The molecule has 0 saturated carbocycles. The molecule has 0 fully saturated rings. The van der Waals surface area contributed by atoms with Gasteiger partial charge in [-0.3, -0.25) is 4.90 Å². The number of nitrogens with zero attached hydrogens (tertiary/aromatic N) is 5. The van der Waals surface area contributed by atoms with E-state index in [0.29, 0.717) is 25.4 Å². The third kappa shape index (κ3) is 3.07. The molecule has 0 amide bonds. The van der Waals surface area contributed by atoms with Gasteiger partial charge in [0.25, 0.3) is 0 Å². The van der Waals surface area contributed by atoms with Crippen molar-refractivity contribution in [3.8, 4) is 11.5 Å². The number of ether oxygens (including phenoxy) is 2. The number of benzene rings is 1. The topological polar surface area (TPSA) is 85.5 Å². The molecule has 1 aliphatic heterocycles. The van der Waals surface area contributed by atoms with Crippen molar-refractivity contribution in [2.75, 3.05) is 20.8 Å². The number of β-amino-alcohol motifs (C(OH)–C–C–N with tert-alkyl or cyclic N) is 1. The molecule has 0 aliphatic carbocycles. The molecular weight excluding hydrogens is 310 g/mol. The Morgan fingerprint density at radius 2 is 2.00 bits per heavy atom. The summed E-state index contributed by atoms with van der Waals surface area (Å²) in [4.78, 5) is 2.12. The molecule has 1 aliphatic rings. The first-order chi connectivity index (χ1) is 11.7. The molecule has 0 spiro atoms. The van der Waals surface area contributed by atoms with E-state index in [-0.39, 0.29) is 0 Å². The number of hydrogen-bond donors (Lipinski definition) is 1. The van der Waals surface area contributed by atoms with Gasteiger partial charge >= 0.3 is 0 Å². The van der Waals surface area contributed by atoms with Crippen LogP contribution in [0, 0.1) is 0 Å². The van der Waals surface area contributed by atoms with Crippen LogP contribution in [0.4, 0.5) is 0 Å². The molecule has 0 radical (unpaired) electrons. The summed E-state index contributed by atoms with van der Waals surface area (Å²) in [6, 6.07) is 3.70. The Balaban J connectivity index is 1.87. The lowest BCUT2D eigenvalue weighted by Crippen LogP contribution is -2.34. The molecule has 3 rings (SSSR count). The maximum absolute atomic E-state index is 10.6. The number of methoxy groups -OCH3 is 2. The van der Waals surface area contributed by atoms with Gasteiger partial charge in [0.2, 0.25) is 0 Å². The number of rotatable bonds is 6. The normalized spacial score (nSPS) is 17.6. The molecule has 8 heteroatoms. The van der Waals surface area contributed by atoms with E-state index in [0.717, 1.165) is 35.7 Å². The van der Waals surface area contributed by atoms with Crippen LogP contribution in [0.5, 0.6) is 11.5 Å². The molecule has 0 bridgehead atoms. The van der Waals surface area contributed by atoms with Gasteiger partial charge in [-0.1, -0.05) is 6.92 Å². The summed E-state index contributed by atoms with van der Waals surface area (Å²) in [6.45, 7) is 4.58. The smallest absolute Gasteiger partial charge is 0.165 e. The first-order valence-electron chi connectivity index (χ1n) is 8.07. The number of tetrazole rings is 1. The van der Waals surface area contributed by atoms with Crippen LogP contribution >= 0.6 is 0 Å². The average molecular weight is 333 g/mol. The SMILES string of the molecule is CCCn1nnnc1CN1Cc2c(OC)ccc(OC)c2C(O)C1. The number of aryl methyl sites for hydroxylation is 1. The molecule has 8 nitrogen and oxygen atoms in total. The Morgan fingerprint density at radius 1 is 1.25 bits per heavy atom. The van der Waals surface area contributed by atoms with Crippen LogP contribution in [0.1, 0.15) is 36.4 Å². The predicted octanol–water partition coefficient (Wildman–Crippen LogP) is 1.15. The lowest BCUT2D eigenvalue weighted by molar-refractivity contribution is 0.0819. The Morgan fingerprint density at radius 3 is 2.71 bits per heavy atom. The lowest BCUT2D eigenvalue weighted by atomic mass is 9.95. The number of hydrogen-bond acceptors (Lipinski definition) is 7. The molecule has 2 aromatic rings. The minimum Gasteiger partial charge on any atom is -0.496 e. The van der Waals surface area contributed by atoms with Crippen LogP contribution in [0.2, 0.25) is 0 Å². The fourth-order valence-corrected chi connectivity index (χ4v) is 3.19. The Labute approximate surface area is 141 Å². The minimum absolute atomic E-state index is 0.496. The summed E-state index contributed by atoms with van der Waals surface area (Å²) < 4.78 is 12.7. The molecular formula is C16H23N5O3. The summed E-state index contributed by atoms with van der Waals surface area (Å²) >= 11 is 0. The predicted molar refractivity (Wildman–Crippen MR) is 86.7 cm³/mol. The fraction of sp³-hybridized carbons (Fsp3) is 0.562. The van der Waals surface area contributed by atoms with Gasteiger partial charge in [0.15, 0.2) is 5.82 Å². The van der Waals surface area contributed by atoms with Crippen LogP contribution in [-0.2, 0) is 19.6 Å². The van der Waals surface area contributed by atoms with Crippen LogP contribution in [0.25, 0.3) is 0 Å². The maximum Gasteiger partial charge on any atom is 0.165 e. The number of fused-ring (bicyclic) bond motifs is 1. The molecule has 1 unspecified atom stereocenters. The lowest BCUT2D eigenvalue weighted by Gasteiger charge is -2.33. The summed E-state index contributed by atoms with van der Waals surface area (Å²) in [5.74, 6) is 2.24. The van der Waals surface area contributed by atoms with Gasteiger partial charge in [-0.15, -0.1) is 5.10 Å². The van der Waals surface area contributed by atoms with Crippen molar-refractivity contribution in [2.24, 2.45) is 0 Å².